The van der Waals surface area contributed by atoms with Crippen molar-refractivity contribution in [1.82, 2.24) is 0 Å². The van der Waals surface area contributed by atoms with Gasteiger partial charge >= 0.3 is 0 Å². The number of benzene rings is 2. The molecule has 0 fully saturated rings. The molecule has 1 amide bonds. The molecule has 0 saturated heterocycles. The van der Waals surface area contributed by atoms with E-state index < -0.39 is 10.0 Å². The summed E-state index contributed by atoms with van der Waals surface area (Å²) in [6.45, 7) is 0.443. The van der Waals surface area contributed by atoms with Crippen LogP contribution in [0, 0.1) is 0 Å². The highest BCUT2D eigenvalue weighted by molar-refractivity contribution is 7.94. The molecule has 0 radical (unpaired) electrons. The zero-order chi connectivity index (χ0) is 20.3. The SMILES string of the molecule is O=C(CCc1ccccc1)Nc1ccc2c(c1)N(S(=O)(=O)c1cccs1)CCC2. The standard InChI is InChI=1S/C22H22N2O3S2/c25-21(13-10-17-6-2-1-3-7-17)23-19-12-11-18-8-4-14-24(20(18)16-19)29(26,27)22-9-5-15-28-22/h1-3,5-7,9,11-12,15-16H,4,8,10,13-14H2,(H,23,25). The summed E-state index contributed by atoms with van der Waals surface area (Å²) >= 11 is 1.22. The number of sulfonamides is 1. The average Bonchev–Trinajstić information content (AvgIpc) is 3.28. The van der Waals surface area contributed by atoms with Crippen molar-refractivity contribution in [2.24, 2.45) is 0 Å². The summed E-state index contributed by atoms with van der Waals surface area (Å²) in [5.41, 5.74) is 3.38. The summed E-state index contributed by atoms with van der Waals surface area (Å²) in [4.78, 5) is 12.4. The molecule has 1 N–H and O–H groups in total. The Bertz CT molecular complexity index is 1090. The number of fused-ring (bicyclic) bond motifs is 1. The van der Waals surface area contributed by atoms with Gasteiger partial charge in [-0.05, 0) is 54.0 Å². The van der Waals surface area contributed by atoms with Crippen molar-refractivity contribution >= 4 is 38.6 Å². The third kappa shape index (κ3) is 4.36. The van der Waals surface area contributed by atoms with Crippen LogP contribution >= 0.6 is 11.3 Å². The molecule has 0 unspecified atom stereocenters. The van der Waals surface area contributed by atoms with Gasteiger partial charge in [-0.15, -0.1) is 11.3 Å². The maximum atomic E-state index is 13.1. The first-order chi connectivity index (χ1) is 14.0. The van der Waals surface area contributed by atoms with E-state index in [0.29, 0.717) is 35.0 Å². The van der Waals surface area contributed by atoms with Crippen LogP contribution in [-0.2, 0) is 27.7 Å². The van der Waals surface area contributed by atoms with Gasteiger partial charge in [-0.1, -0.05) is 42.5 Å². The Morgan fingerprint density at radius 2 is 1.90 bits per heavy atom. The summed E-state index contributed by atoms with van der Waals surface area (Å²) in [6.07, 6.45) is 2.64. The average molecular weight is 427 g/mol. The Hall–Kier alpha value is -2.64. The van der Waals surface area contributed by atoms with Crippen molar-refractivity contribution in [3.05, 3.63) is 77.2 Å². The Morgan fingerprint density at radius 1 is 1.07 bits per heavy atom. The fourth-order valence-electron chi connectivity index (χ4n) is 3.51. The van der Waals surface area contributed by atoms with Crippen LogP contribution in [-0.4, -0.2) is 20.9 Å². The number of amides is 1. The van der Waals surface area contributed by atoms with Gasteiger partial charge in [0.15, 0.2) is 0 Å². The van der Waals surface area contributed by atoms with Crippen LogP contribution in [0.15, 0.2) is 70.3 Å². The minimum atomic E-state index is -3.58. The number of carbonyl (C=O) groups excluding carboxylic acids is 1. The number of aryl methyl sites for hydroxylation is 2. The van der Waals surface area contributed by atoms with E-state index >= 15 is 0 Å². The van der Waals surface area contributed by atoms with Gasteiger partial charge in [0.05, 0.1) is 5.69 Å². The zero-order valence-corrected chi connectivity index (χ0v) is 17.5. The zero-order valence-electron chi connectivity index (χ0n) is 15.9. The molecule has 29 heavy (non-hydrogen) atoms. The third-order valence-corrected chi connectivity index (χ3v) is 8.15. The molecule has 0 atom stereocenters. The lowest BCUT2D eigenvalue weighted by molar-refractivity contribution is -0.116. The number of hydrogen-bond donors (Lipinski definition) is 1. The van der Waals surface area contributed by atoms with Gasteiger partial charge in [-0.2, -0.15) is 0 Å². The molecule has 3 aromatic rings. The number of hydrogen-bond acceptors (Lipinski definition) is 4. The molecule has 1 aliphatic heterocycles. The Labute approximate surface area is 175 Å². The van der Waals surface area contributed by atoms with E-state index in [-0.39, 0.29) is 5.91 Å². The van der Waals surface area contributed by atoms with Gasteiger partial charge in [-0.25, -0.2) is 8.42 Å². The van der Waals surface area contributed by atoms with Crippen molar-refractivity contribution in [3.63, 3.8) is 0 Å². The number of nitrogens with zero attached hydrogens (tertiary/aromatic N) is 1. The number of rotatable bonds is 6. The largest absolute Gasteiger partial charge is 0.326 e. The van der Waals surface area contributed by atoms with Crippen LogP contribution in [0.5, 0.6) is 0 Å². The molecular formula is C22H22N2O3S2. The molecule has 5 nitrogen and oxygen atoms in total. The van der Waals surface area contributed by atoms with E-state index in [1.807, 2.05) is 42.5 Å². The van der Waals surface area contributed by atoms with Crippen LogP contribution < -0.4 is 9.62 Å². The first kappa shape index (κ1) is 19.7. The van der Waals surface area contributed by atoms with E-state index in [2.05, 4.69) is 5.32 Å². The van der Waals surface area contributed by atoms with Crippen LogP contribution in [0.2, 0.25) is 0 Å². The van der Waals surface area contributed by atoms with Gasteiger partial charge < -0.3 is 5.32 Å². The minimum Gasteiger partial charge on any atom is -0.326 e. The molecule has 150 valence electrons. The maximum Gasteiger partial charge on any atom is 0.273 e. The second-order valence-corrected chi connectivity index (χ2v) is 10.0. The molecule has 0 bridgehead atoms. The molecule has 2 heterocycles. The predicted molar refractivity (Wildman–Crippen MR) is 117 cm³/mol. The first-order valence-electron chi connectivity index (χ1n) is 9.57. The molecule has 1 aliphatic rings. The normalized spacial score (nSPS) is 13.7. The van der Waals surface area contributed by atoms with E-state index in [1.54, 1.807) is 23.6 Å². The van der Waals surface area contributed by atoms with Crippen LogP contribution in [0.1, 0.15) is 24.0 Å². The highest BCUT2D eigenvalue weighted by Gasteiger charge is 2.30. The lowest BCUT2D eigenvalue weighted by atomic mass is 10.0. The van der Waals surface area contributed by atoms with E-state index in [9.17, 15) is 13.2 Å². The van der Waals surface area contributed by atoms with Crippen molar-refractivity contribution in [2.45, 2.75) is 29.9 Å². The summed E-state index contributed by atoms with van der Waals surface area (Å²) < 4.78 is 27.9. The van der Waals surface area contributed by atoms with Gasteiger partial charge in [0.25, 0.3) is 10.0 Å². The van der Waals surface area contributed by atoms with E-state index in [4.69, 9.17) is 0 Å². The molecule has 0 aliphatic carbocycles. The number of nitrogens with one attached hydrogen (secondary N) is 1. The Balaban J connectivity index is 1.52. The topological polar surface area (TPSA) is 66.5 Å². The first-order valence-corrected chi connectivity index (χ1v) is 11.9. The molecule has 0 spiro atoms. The summed E-state index contributed by atoms with van der Waals surface area (Å²) in [5.74, 6) is -0.0859. The fourth-order valence-corrected chi connectivity index (χ4v) is 6.15. The van der Waals surface area contributed by atoms with Crippen LogP contribution in [0.4, 0.5) is 11.4 Å². The molecule has 7 heteroatoms. The molecule has 4 rings (SSSR count). The fraction of sp³-hybridized carbons (Fsp3) is 0.227. The Kier molecular flexibility index (Phi) is 5.69. The predicted octanol–water partition coefficient (Wildman–Crippen LogP) is 4.46. The van der Waals surface area contributed by atoms with Gasteiger partial charge in [0.1, 0.15) is 4.21 Å². The molecule has 0 saturated carbocycles. The monoisotopic (exact) mass is 426 g/mol. The van der Waals surface area contributed by atoms with E-state index in [0.717, 1.165) is 24.0 Å². The van der Waals surface area contributed by atoms with Crippen LogP contribution in [0.3, 0.4) is 0 Å². The van der Waals surface area contributed by atoms with E-state index in [1.165, 1.54) is 15.6 Å². The summed E-state index contributed by atoms with van der Waals surface area (Å²) in [7, 11) is -3.58. The van der Waals surface area contributed by atoms with Crippen LogP contribution in [0.25, 0.3) is 0 Å². The Morgan fingerprint density at radius 3 is 2.66 bits per heavy atom. The van der Waals surface area contributed by atoms with Gasteiger partial charge in [-0.3, -0.25) is 9.10 Å². The minimum absolute atomic E-state index is 0.0859. The maximum absolute atomic E-state index is 13.1. The number of thiophene rings is 1. The molecule has 2 aromatic carbocycles. The molecule has 1 aromatic heterocycles. The number of carbonyl (C=O) groups is 1. The lowest BCUT2D eigenvalue weighted by Crippen LogP contribution is -2.35. The van der Waals surface area contributed by atoms with Crippen molar-refractivity contribution in [2.75, 3.05) is 16.2 Å². The quantitative estimate of drug-likeness (QED) is 0.633. The van der Waals surface area contributed by atoms with Crippen molar-refractivity contribution < 1.29 is 13.2 Å². The van der Waals surface area contributed by atoms with Crippen molar-refractivity contribution in [1.29, 1.82) is 0 Å². The van der Waals surface area contributed by atoms with Crippen molar-refractivity contribution in [3.8, 4) is 0 Å². The second-order valence-electron chi connectivity index (χ2n) is 6.99. The highest BCUT2D eigenvalue weighted by Crippen LogP contribution is 2.35. The van der Waals surface area contributed by atoms with Gasteiger partial charge in [0.2, 0.25) is 5.91 Å². The number of anilines is 2. The molecular weight excluding hydrogens is 404 g/mol. The summed E-state index contributed by atoms with van der Waals surface area (Å²) in [6, 6.07) is 18.8. The van der Waals surface area contributed by atoms with Gasteiger partial charge in [0, 0.05) is 18.7 Å². The third-order valence-electron chi connectivity index (χ3n) is 4.97. The summed E-state index contributed by atoms with van der Waals surface area (Å²) in [5, 5.41) is 4.68. The smallest absolute Gasteiger partial charge is 0.273 e. The second kappa shape index (κ2) is 8.39. The highest BCUT2D eigenvalue weighted by atomic mass is 32.2. The lowest BCUT2D eigenvalue weighted by Gasteiger charge is -2.30.